The van der Waals surface area contributed by atoms with Crippen LogP contribution in [0.5, 0.6) is 0 Å². The van der Waals surface area contributed by atoms with E-state index in [0.29, 0.717) is 45.7 Å². The molecular weight excluding hydrogens is 859 g/mol. The van der Waals surface area contributed by atoms with Gasteiger partial charge in [0.15, 0.2) is 0 Å². The summed E-state index contributed by atoms with van der Waals surface area (Å²) < 4.78 is 42.1. The monoisotopic (exact) mass is 925 g/mol. The highest BCUT2D eigenvalue weighted by Gasteiger charge is 2.25. The summed E-state index contributed by atoms with van der Waals surface area (Å²) in [7, 11) is 0. The maximum Gasteiger partial charge on any atom is 0.446 e. The van der Waals surface area contributed by atoms with Gasteiger partial charge in [-0.2, -0.15) is 18.4 Å². The van der Waals surface area contributed by atoms with Gasteiger partial charge in [-0.15, -0.1) is 24.7 Å². The van der Waals surface area contributed by atoms with E-state index in [1.807, 2.05) is 51.3 Å². The van der Waals surface area contributed by atoms with E-state index in [1.165, 1.54) is 6.92 Å². The summed E-state index contributed by atoms with van der Waals surface area (Å²) in [5, 5.41) is 29.4. The molecule has 344 valence electrons. The van der Waals surface area contributed by atoms with Gasteiger partial charge < -0.3 is 25.0 Å². The Morgan fingerprint density at radius 2 is 0.983 bits per heavy atom. The second kappa shape index (κ2) is 34.9. The van der Waals surface area contributed by atoms with Gasteiger partial charge in [-0.25, -0.2) is 0 Å². The van der Waals surface area contributed by atoms with Crippen LogP contribution in [0.25, 0.3) is 0 Å². The van der Waals surface area contributed by atoms with Gasteiger partial charge in [0.05, 0.1) is 32.2 Å². The maximum absolute atomic E-state index is 12.1. The van der Waals surface area contributed by atoms with Crippen molar-refractivity contribution in [1.29, 1.82) is 5.26 Å². The number of nitrogens with zero attached hydrogens (tertiary/aromatic N) is 6. The molecule has 16 nitrogen and oxygen atoms in total. The average Bonchev–Trinajstić information content (AvgIpc) is 3.26. The van der Waals surface area contributed by atoms with Crippen LogP contribution in [0, 0.1) is 36.0 Å². The van der Waals surface area contributed by atoms with Crippen molar-refractivity contribution in [2.75, 3.05) is 117 Å². The molecule has 0 radical (unpaired) electrons. The van der Waals surface area contributed by atoms with Gasteiger partial charge in [-0.1, -0.05) is 15.9 Å². The number of aliphatic carboxylic acids is 2. The minimum Gasteiger partial charge on any atom is -0.480 e. The number of rotatable bonds is 11. The summed E-state index contributed by atoms with van der Waals surface area (Å²) in [6.45, 7) is 22.4. The Kier molecular flexibility index (Phi) is 35.1. The van der Waals surface area contributed by atoms with E-state index < -0.39 is 35.6 Å². The fourth-order valence-electron chi connectivity index (χ4n) is 4.92. The van der Waals surface area contributed by atoms with Crippen LogP contribution in [0.3, 0.4) is 0 Å². The lowest BCUT2D eigenvalue weighted by Crippen LogP contribution is -2.42. The van der Waals surface area contributed by atoms with Crippen LogP contribution in [0.4, 0.5) is 13.2 Å². The van der Waals surface area contributed by atoms with Crippen molar-refractivity contribution in [3.63, 3.8) is 0 Å². The minimum absolute atomic E-state index is 0.0239. The van der Waals surface area contributed by atoms with Crippen LogP contribution in [0.15, 0.2) is 0 Å². The molecule has 2 aliphatic heterocycles. The number of carboxylic acids is 2. The number of hydrogen-bond acceptors (Lipinski definition) is 14. The fourth-order valence-corrected chi connectivity index (χ4v) is 5.15. The molecule has 2 heterocycles. The van der Waals surface area contributed by atoms with E-state index >= 15 is 0 Å². The number of aldehydes is 1. The standard InChI is InChI=1S/C18H35N3O4.C14H23N3O4.C4H5Br.C2HF3O.C2H3N/c1-17(2,3)24-15(22)13-20-9-7-19-8-10-21(12-11-20)14-16(23)25-18(4,5)6;1-2-3-4-15-5-7-16(11-13(18)19)9-10-17(8-6-15)12-14(20)21;1-2-3-4-5;3-2(4,5)1-6;1-2-3/h19H,7-14H2,1-6H3;1H,3-12H2,(H,18,19)(H,20,21);1H,3-4H2;1H;1H3. The lowest BCUT2D eigenvalue weighted by Gasteiger charge is -2.27. The number of ether oxygens (including phenoxy) is 2. The van der Waals surface area contributed by atoms with Gasteiger partial charge in [0.1, 0.15) is 11.2 Å². The molecule has 2 saturated heterocycles. The summed E-state index contributed by atoms with van der Waals surface area (Å²) in [5.41, 5.74) is -0.949. The van der Waals surface area contributed by atoms with Crippen molar-refractivity contribution in [3.8, 4) is 30.8 Å². The molecular formula is C40H67BrF3N7O9. The van der Waals surface area contributed by atoms with E-state index in [-0.39, 0.29) is 38.1 Å². The lowest BCUT2D eigenvalue weighted by atomic mass is 10.2. The number of carbonyl (C=O) groups is 5. The summed E-state index contributed by atoms with van der Waals surface area (Å²) in [6.07, 6.45) is 5.91. The zero-order valence-corrected chi connectivity index (χ0v) is 37.9. The third-order valence-corrected chi connectivity index (χ3v) is 7.74. The number of nitrogens with one attached hydrogen (secondary N) is 1. The largest absolute Gasteiger partial charge is 0.480 e. The van der Waals surface area contributed by atoms with Gasteiger partial charge in [0.2, 0.25) is 6.29 Å². The predicted molar refractivity (Wildman–Crippen MR) is 226 cm³/mol. The SMILES string of the molecule is C#CCCBr.C#CCCN1CCN(CC(=O)O)CCN(CC(=O)O)CC1.CC#N.CC(C)(C)OC(=O)CN1CCNCCN(CC(=O)OC(C)(C)C)CC1.O=CC(F)(F)F. The molecule has 0 atom stereocenters. The van der Waals surface area contributed by atoms with Crippen LogP contribution in [0.1, 0.15) is 61.3 Å². The topological polar surface area (TPSA) is 196 Å². The number of alkyl halides is 4. The summed E-state index contributed by atoms with van der Waals surface area (Å²) in [4.78, 5) is 64.5. The predicted octanol–water partition coefficient (Wildman–Crippen LogP) is 2.66. The smallest absolute Gasteiger partial charge is 0.446 e. The summed E-state index contributed by atoms with van der Waals surface area (Å²) >= 11 is 3.17. The van der Waals surface area contributed by atoms with Gasteiger partial charge >= 0.3 is 30.1 Å². The average molecular weight is 927 g/mol. The molecule has 0 aromatic rings. The zero-order valence-electron chi connectivity index (χ0n) is 36.3. The van der Waals surface area contributed by atoms with Crippen molar-refractivity contribution in [3.05, 3.63) is 0 Å². The Morgan fingerprint density at radius 1 is 0.683 bits per heavy atom. The van der Waals surface area contributed by atoms with Gasteiger partial charge in [0.25, 0.3) is 0 Å². The number of esters is 2. The molecule has 0 bridgehead atoms. The van der Waals surface area contributed by atoms with E-state index in [1.54, 1.807) is 6.07 Å². The normalized spacial score (nSPS) is 16.3. The molecule has 0 saturated carbocycles. The van der Waals surface area contributed by atoms with Crippen LogP contribution in [-0.4, -0.2) is 199 Å². The molecule has 60 heavy (non-hydrogen) atoms. The van der Waals surface area contributed by atoms with Crippen LogP contribution < -0.4 is 5.32 Å². The van der Waals surface area contributed by atoms with E-state index in [9.17, 15) is 32.3 Å². The van der Waals surface area contributed by atoms with E-state index in [2.05, 4.69) is 47.8 Å². The highest BCUT2D eigenvalue weighted by molar-refractivity contribution is 9.09. The molecule has 0 spiro atoms. The number of terminal acetylenes is 2. The van der Waals surface area contributed by atoms with Crippen molar-refractivity contribution >= 4 is 46.1 Å². The van der Waals surface area contributed by atoms with Gasteiger partial charge in [-0.05, 0) is 41.5 Å². The first-order chi connectivity index (χ1) is 27.8. The molecule has 2 fully saturated rings. The first-order valence-corrected chi connectivity index (χ1v) is 20.4. The molecule has 0 aromatic heterocycles. The number of nitriles is 1. The Balaban J connectivity index is -0.000000828. The van der Waals surface area contributed by atoms with E-state index in [0.717, 1.165) is 57.6 Å². The molecule has 0 aromatic carbocycles. The first kappa shape index (κ1) is 60.5. The second-order valence-electron chi connectivity index (χ2n) is 15.1. The Morgan fingerprint density at radius 3 is 1.22 bits per heavy atom. The Bertz CT molecular complexity index is 1290. The third kappa shape index (κ3) is 43.8. The first-order valence-electron chi connectivity index (χ1n) is 19.3. The lowest BCUT2D eigenvalue weighted by molar-refractivity contribution is -0.158. The molecule has 0 amide bonds. The molecule has 20 heteroatoms. The highest BCUT2D eigenvalue weighted by atomic mass is 79.9. The van der Waals surface area contributed by atoms with Gasteiger partial charge in [-0.3, -0.25) is 48.5 Å². The van der Waals surface area contributed by atoms with Crippen LogP contribution >= 0.6 is 15.9 Å². The summed E-state index contributed by atoms with van der Waals surface area (Å²) in [6, 6.07) is 1.75. The Labute approximate surface area is 363 Å². The highest BCUT2D eigenvalue weighted by Crippen LogP contribution is 2.10. The maximum atomic E-state index is 12.1. The molecule has 2 rings (SSSR count). The van der Waals surface area contributed by atoms with Crippen LogP contribution in [-0.2, 0) is 33.4 Å². The van der Waals surface area contributed by atoms with Crippen molar-refractivity contribution in [1.82, 2.24) is 29.8 Å². The number of carboxylic acid groups (broad SMARTS) is 2. The molecule has 2 aliphatic rings. The third-order valence-electron chi connectivity index (χ3n) is 7.35. The minimum atomic E-state index is -4.64. The number of carbonyl (C=O) groups excluding carboxylic acids is 3. The van der Waals surface area contributed by atoms with E-state index in [4.69, 9.17) is 42.6 Å². The number of hydrogen-bond donors (Lipinski definition) is 3. The summed E-state index contributed by atoms with van der Waals surface area (Å²) in [5.74, 6) is 2.90. The molecule has 0 aliphatic carbocycles. The fraction of sp³-hybridized carbons (Fsp3) is 0.750. The second-order valence-corrected chi connectivity index (χ2v) is 15.9. The van der Waals surface area contributed by atoms with Crippen LogP contribution in [0.2, 0.25) is 0 Å². The van der Waals surface area contributed by atoms with Crippen molar-refractivity contribution in [2.45, 2.75) is 78.7 Å². The van der Waals surface area contributed by atoms with Gasteiger partial charge in [0, 0.05) is 110 Å². The Hall–Kier alpha value is -3.81. The van der Waals surface area contributed by atoms with Crippen molar-refractivity contribution < 1.29 is 56.8 Å². The quantitative estimate of drug-likeness (QED) is 0.118. The van der Waals surface area contributed by atoms with Crippen molar-refractivity contribution in [2.24, 2.45) is 0 Å². The zero-order chi connectivity index (χ0) is 46.8. The number of halogens is 4. The molecule has 0 unspecified atom stereocenters. The molecule has 3 N–H and O–H groups in total.